The first-order valence-corrected chi connectivity index (χ1v) is 11.7. The van der Waals surface area contributed by atoms with Gasteiger partial charge in [-0.05, 0) is 31.2 Å². The Bertz CT molecular complexity index is 1610. The Morgan fingerprint density at radius 1 is 1.03 bits per heavy atom. The normalized spacial score (nSPS) is 11.0. The van der Waals surface area contributed by atoms with E-state index in [0.717, 1.165) is 5.56 Å². The number of halogens is 1. The Labute approximate surface area is 211 Å². The van der Waals surface area contributed by atoms with Crippen molar-refractivity contribution in [3.63, 3.8) is 0 Å². The third kappa shape index (κ3) is 4.81. The summed E-state index contributed by atoms with van der Waals surface area (Å²) in [4.78, 5) is 34.1. The van der Waals surface area contributed by atoms with Gasteiger partial charge in [-0.3, -0.25) is 9.59 Å². The molecule has 0 spiro atoms. The third-order valence-corrected chi connectivity index (χ3v) is 5.74. The predicted molar refractivity (Wildman–Crippen MR) is 136 cm³/mol. The zero-order valence-corrected chi connectivity index (χ0v) is 20.2. The van der Waals surface area contributed by atoms with Crippen molar-refractivity contribution in [1.82, 2.24) is 25.0 Å². The summed E-state index contributed by atoms with van der Waals surface area (Å²) in [6, 6.07) is 18.9. The number of rotatable bonds is 7. The summed E-state index contributed by atoms with van der Waals surface area (Å²) in [5, 5.41) is 9.48. The maximum absolute atomic E-state index is 14.7. The number of nitrogens with one attached hydrogen (secondary N) is 2. The van der Waals surface area contributed by atoms with Crippen LogP contribution in [0, 0.1) is 5.82 Å². The molecule has 0 aliphatic rings. The molecule has 2 amide bonds. The predicted octanol–water partition coefficient (Wildman–Crippen LogP) is 4.80. The molecule has 0 atom stereocenters. The summed E-state index contributed by atoms with van der Waals surface area (Å²) in [7, 11) is 0. The number of hydrogen-bond acceptors (Lipinski definition) is 6. The van der Waals surface area contributed by atoms with E-state index in [9.17, 15) is 14.0 Å². The molecule has 0 unspecified atom stereocenters. The van der Waals surface area contributed by atoms with E-state index in [-0.39, 0.29) is 23.9 Å². The van der Waals surface area contributed by atoms with Gasteiger partial charge in [-0.15, -0.1) is 0 Å². The Morgan fingerprint density at radius 3 is 2.51 bits per heavy atom. The number of aryl methyl sites for hydroxylation is 1. The Hall–Kier alpha value is -4.86. The van der Waals surface area contributed by atoms with Gasteiger partial charge >= 0.3 is 0 Å². The third-order valence-electron chi connectivity index (χ3n) is 5.74. The van der Waals surface area contributed by atoms with Gasteiger partial charge < -0.3 is 19.7 Å². The van der Waals surface area contributed by atoms with Crippen LogP contribution in [-0.2, 0) is 17.9 Å². The SMILES string of the molecule is CCn1c(-c2ccccc2F)nc2cc(NC(C)=O)cc(C(=O)NCc3nc(-c4ccccc4)no3)c21. The fourth-order valence-corrected chi connectivity index (χ4v) is 4.16. The number of anilines is 1. The van der Waals surface area contributed by atoms with Crippen LogP contribution >= 0.6 is 0 Å². The summed E-state index contributed by atoms with van der Waals surface area (Å²) >= 11 is 0. The number of carbonyl (C=O) groups excluding carboxylic acids is 2. The Balaban J connectivity index is 1.52. The first-order chi connectivity index (χ1) is 17.9. The highest BCUT2D eigenvalue weighted by Crippen LogP contribution is 2.31. The largest absolute Gasteiger partial charge is 0.343 e. The van der Waals surface area contributed by atoms with Crippen LogP contribution in [0.4, 0.5) is 10.1 Å². The van der Waals surface area contributed by atoms with Crippen LogP contribution < -0.4 is 10.6 Å². The molecule has 5 aromatic rings. The van der Waals surface area contributed by atoms with Crippen molar-refractivity contribution in [1.29, 1.82) is 0 Å². The van der Waals surface area contributed by atoms with Gasteiger partial charge in [0.15, 0.2) is 0 Å². The quantitative estimate of drug-likeness (QED) is 0.333. The van der Waals surface area contributed by atoms with Crippen molar-refractivity contribution in [2.75, 3.05) is 5.32 Å². The summed E-state index contributed by atoms with van der Waals surface area (Å²) < 4.78 is 21.7. The number of fused-ring (bicyclic) bond motifs is 1. The van der Waals surface area contributed by atoms with Gasteiger partial charge in [-0.1, -0.05) is 47.6 Å². The van der Waals surface area contributed by atoms with Crippen LogP contribution in [0.1, 0.15) is 30.1 Å². The average molecular weight is 499 g/mol. The van der Waals surface area contributed by atoms with Crippen LogP contribution in [0.25, 0.3) is 33.8 Å². The molecule has 10 heteroatoms. The van der Waals surface area contributed by atoms with Crippen LogP contribution in [-0.4, -0.2) is 31.5 Å². The smallest absolute Gasteiger partial charge is 0.253 e. The molecule has 2 N–H and O–H groups in total. The molecule has 0 saturated heterocycles. The van der Waals surface area contributed by atoms with E-state index >= 15 is 0 Å². The number of imidazole rings is 1. The van der Waals surface area contributed by atoms with Crippen molar-refractivity contribution in [2.45, 2.75) is 26.9 Å². The van der Waals surface area contributed by atoms with Gasteiger partial charge in [0.25, 0.3) is 5.91 Å². The number of hydrogen-bond donors (Lipinski definition) is 2. The van der Waals surface area contributed by atoms with Crippen LogP contribution in [0.3, 0.4) is 0 Å². The molecule has 0 aliphatic heterocycles. The van der Waals surface area contributed by atoms with E-state index in [4.69, 9.17) is 4.52 Å². The number of aromatic nitrogens is 4. The highest BCUT2D eigenvalue weighted by molar-refractivity contribution is 6.08. The maximum Gasteiger partial charge on any atom is 0.253 e. The summed E-state index contributed by atoms with van der Waals surface area (Å²) in [6.07, 6.45) is 0. The van der Waals surface area contributed by atoms with Gasteiger partial charge in [-0.25, -0.2) is 9.37 Å². The second-order valence-electron chi connectivity index (χ2n) is 8.29. The van der Waals surface area contributed by atoms with Crippen molar-refractivity contribution < 1.29 is 18.5 Å². The molecule has 3 aromatic carbocycles. The van der Waals surface area contributed by atoms with Crippen LogP contribution in [0.5, 0.6) is 0 Å². The minimum absolute atomic E-state index is 0.00897. The molecule has 0 saturated carbocycles. The second-order valence-corrected chi connectivity index (χ2v) is 8.29. The highest BCUT2D eigenvalue weighted by atomic mass is 19.1. The molecule has 0 bridgehead atoms. The van der Waals surface area contributed by atoms with Gasteiger partial charge in [0, 0.05) is 24.7 Å². The van der Waals surface area contributed by atoms with Gasteiger partial charge in [0.1, 0.15) is 11.6 Å². The molecular weight excluding hydrogens is 475 g/mol. The van der Waals surface area contributed by atoms with Crippen LogP contribution in [0.2, 0.25) is 0 Å². The maximum atomic E-state index is 14.7. The molecule has 0 fully saturated rings. The zero-order chi connectivity index (χ0) is 25.9. The van der Waals surface area contributed by atoms with Gasteiger partial charge in [0.05, 0.1) is 28.7 Å². The van der Waals surface area contributed by atoms with E-state index in [2.05, 4.69) is 25.8 Å². The molecule has 0 radical (unpaired) electrons. The molecule has 2 aromatic heterocycles. The lowest BCUT2D eigenvalue weighted by atomic mass is 10.1. The fraction of sp³-hybridized carbons (Fsp3) is 0.148. The lowest BCUT2D eigenvalue weighted by molar-refractivity contribution is -0.114. The van der Waals surface area contributed by atoms with Gasteiger partial charge in [-0.2, -0.15) is 4.98 Å². The van der Waals surface area contributed by atoms with E-state index in [1.807, 2.05) is 37.3 Å². The molecule has 37 heavy (non-hydrogen) atoms. The molecule has 5 rings (SSSR count). The van der Waals surface area contributed by atoms with Crippen molar-refractivity contribution in [3.05, 3.63) is 84.0 Å². The number of nitrogens with zero attached hydrogens (tertiary/aromatic N) is 4. The lowest BCUT2D eigenvalue weighted by Gasteiger charge is -2.12. The molecular formula is C27H23FN6O3. The molecule has 9 nitrogen and oxygen atoms in total. The van der Waals surface area contributed by atoms with Crippen molar-refractivity contribution >= 4 is 28.5 Å². The van der Waals surface area contributed by atoms with Crippen LogP contribution in [0.15, 0.2) is 71.3 Å². The van der Waals surface area contributed by atoms with E-state index in [1.165, 1.54) is 13.0 Å². The standard InChI is InChI=1S/C27H23FN6O3/c1-3-34-24-20(27(36)29-15-23-32-25(33-37-23)17-9-5-4-6-10-17)13-18(30-16(2)35)14-22(24)31-26(34)19-11-7-8-12-21(19)28/h4-14H,3,15H2,1-2H3,(H,29,36)(H,30,35). The number of carbonyl (C=O) groups is 2. The van der Waals surface area contributed by atoms with E-state index in [0.29, 0.717) is 40.5 Å². The zero-order valence-electron chi connectivity index (χ0n) is 20.2. The number of amides is 2. The van der Waals surface area contributed by atoms with Crippen molar-refractivity contribution in [2.24, 2.45) is 0 Å². The second kappa shape index (κ2) is 10.0. The van der Waals surface area contributed by atoms with Crippen molar-refractivity contribution in [3.8, 4) is 22.8 Å². The summed E-state index contributed by atoms with van der Waals surface area (Å²) in [6.45, 7) is 3.69. The summed E-state index contributed by atoms with van der Waals surface area (Å²) in [5.41, 5.74) is 2.73. The molecule has 0 aliphatic carbocycles. The Morgan fingerprint density at radius 2 is 1.78 bits per heavy atom. The highest BCUT2D eigenvalue weighted by Gasteiger charge is 2.22. The topological polar surface area (TPSA) is 115 Å². The first-order valence-electron chi connectivity index (χ1n) is 11.7. The van der Waals surface area contributed by atoms with Gasteiger partial charge in [0.2, 0.25) is 17.6 Å². The average Bonchev–Trinajstić information content (AvgIpc) is 3.52. The van der Waals surface area contributed by atoms with E-state index < -0.39 is 11.7 Å². The Kier molecular flexibility index (Phi) is 6.46. The molecule has 2 heterocycles. The number of benzene rings is 3. The fourth-order valence-electron chi connectivity index (χ4n) is 4.16. The van der Waals surface area contributed by atoms with E-state index in [1.54, 1.807) is 34.9 Å². The molecule has 186 valence electrons. The monoisotopic (exact) mass is 498 g/mol. The first kappa shape index (κ1) is 23.9. The minimum atomic E-state index is -0.439. The minimum Gasteiger partial charge on any atom is -0.343 e. The lowest BCUT2D eigenvalue weighted by Crippen LogP contribution is -2.24. The summed E-state index contributed by atoms with van der Waals surface area (Å²) in [5.74, 6) is -0.128.